The Kier molecular flexibility index (Phi) is 3.49. The van der Waals surface area contributed by atoms with E-state index in [1.165, 1.54) is 12.8 Å². The Morgan fingerprint density at radius 1 is 1.15 bits per heavy atom. The van der Waals surface area contributed by atoms with Crippen molar-refractivity contribution < 1.29 is 0 Å². The summed E-state index contributed by atoms with van der Waals surface area (Å²) in [5.74, 6) is 1.90. The van der Waals surface area contributed by atoms with Crippen LogP contribution in [-0.2, 0) is 0 Å². The van der Waals surface area contributed by atoms with E-state index in [4.69, 9.17) is 0 Å². The number of hydrogen-bond acceptors (Lipinski definition) is 6. The van der Waals surface area contributed by atoms with Gasteiger partial charge in [-0.25, -0.2) is 4.68 Å². The third-order valence-corrected chi connectivity index (χ3v) is 3.25. The summed E-state index contributed by atoms with van der Waals surface area (Å²) in [6, 6.07) is 0. The fourth-order valence-corrected chi connectivity index (χ4v) is 2.27. The van der Waals surface area contributed by atoms with Gasteiger partial charge in [0.25, 0.3) is 5.95 Å². The van der Waals surface area contributed by atoms with Gasteiger partial charge in [-0.15, -0.1) is 0 Å². The summed E-state index contributed by atoms with van der Waals surface area (Å²) in [5.41, 5.74) is 1.08. The van der Waals surface area contributed by atoms with Crippen LogP contribution in [-0.4, -0.2) is 44.4 Å². The van der Waals surface area contributed by atoms with Crippen LogP contribution in [0.1, 0.15) is 25.3 Å². The van der Waals surface area contributed by atoms with Crippen molar-refractivity contribution in [3.05, 3.63) is 18.0 Å². The maximum atomic E-state index is 4.55. The molecule has 0 saturated carbocycles. The Balaban J connectivity index is 1.99. The smallest absolute Gasteiger partial charge is 0.257 e. The van der Waals surface area contributed by atoms with Crippen molar-refractivity contribution in [3.8, 4) is 5.95 Å². The van der Waals surface area contributed by atoms with E-state index in [9.17, 15) is 0 Å². The molecular formula is C13H19N7. The molecule has 106 valence electrons. The Morgan fingerprint density at radius 2 is 1.90 bits per heavy atom. The monoisotopic (exact) mass is 273 g/mol. The lowest BCUT2D eigenvalue weighted by molar-refractivity contribution is 0.778. The van der Waals surface area contributed by atoms with Gasteiger partial charge in [0.1, 0.15) is 0 Å². The Labute approximate surface area is 118 Å². The minimum Gasteiger partial charge on any atom is -0.354 e. The van der Waals surface area contributed by atoms with Crippen LogP contribution < -0.4 is 10.2 Å². The van der Waals surface area contributed by atoms with Crippen molar-refractivity contribution >= 4 is 11.9 Å². The van der Waals surface area contributed by atoms with Crippen LogP contribution in [0.4, 0.5) is 11.9 Å². The van der Waals surface area contributed by atoms with Gasteiger partial charge in [-0.05, 0) is 32.3 Å². The van der Waals surface area contributed by atoms with E-state index in [0.717, 1.165) is 31.1 Å². The van der Waals surface area contributed by atoms with E-state index >= 15 is 0 Å². The van der Waals surface area contributed by atoms with Crippen LogP contribution in [0.15, 0.2) is 12.4 Å². The van der Waals surface area contributed by atoms with Crippen molar-refractivity contribution in [2.75, 3.05) is 29.9 Å². The van der Waals surface area contributed by atoms with E-state index in [0.29, 0.717) is 11.9 Å². The number of hydrogen-bond donors (Lipinski definition) is 1. The number of aryl methyl sites for hydroxylation is 1. The molecule has 2 aromatic heterocycles. The molecule has 1 saturated heterocycles. The number of rotatable bonds is 4. The van der Waals surface area contributed by atoms with Gasteiger partial charge in [0.05, 0.1) is 6.20 Å². The second-order valence-corrected chi connectivity index (χ2v) is 4.95. The molecule has 0 aliphatic carbocycles. The van der Waals surface area contributed by atoms with Gasteiger partial charge in [0.15, 0.2) is 0 Å². The third-order valence-electron chi connectivity index (χ3n) is 3.25. The molecule has 3 rings (SSSR count). The molecule has 1 aliphatic rings. The van der Waals surface area contributed by atoms with Crippen LogP contribution in [0.25, 0.3) is 5.95 Å². The summed E-state index contributed by atoms with van der Waals surface area (Å²) >= 11 is 0. The van der Waals surface area contributed by atoms with Gasteiger partial charge in [-0.3, -0.25) is 0 Å². The summed E-state index contributed by atoms with van der Waals surface area (Å²) in [4.78, 5) is 15.6. The molecule has 0 radical (unpaired) electrons. The topological polar surface area (TPSA) is 71.8 Å². The second-order valence-electron chi connectivity index (χ2n) is 4.95. The van der Waals surface area contributed by atoms with Crippen molar-refractivity contribution in [1.29, 1.82) is 0 Å². The summed E-state index contributed by atoms with van der Waals surface area (Å²) in [6.45, 7) is 6.82. The SMILES string of the molecule is CCNc1nc(N2CCCC2)nc(-n2cc(C)cn2)n1. The third kappa shape index (κ3) is 2.56. The van der Waals surface area contributed by atoms with E-state index < -0.39 is 0 Å². The average molecular weight is 273 g/mol. The minimum atomic E-state index is 0.561. The first-order valence-electron chi connectivity index (χ1n) is 7.03. The zero-order chi connectivity index (χ0) is 13.9. The molecule has 0 atom stereocenters. The van der Waals surface area contributed by atoms with Crippen LogP contribution >= 0.6 is 0 Å². The maximum Gasteiger partial charge on any atom is 0.257 e. The fourth-order valence-electron chi connectivity index (χ4n) is 2.27. The largest absolute Gasteiger partial charge is 0.354 e. The predicted octanol–water partition coefficient (Wildman–Crippen LogP) is 1.40. The lowest BCUT2D eigenvalue weighted by Crippen LogP contribution is -2.22. The molecule has 1 N–H and O–H groups in total. The maximum absolute atomic E-state index is 4.55. The number of anilines is 2. The molecule has 0 aromatic carbocycles. The van der Waals surface area contributed by atoms with Gasteiger partial charge >= 0.3 is 0 Å². The summed E-state index contributed by atoms with van der Waals surface area (Å²) in [7, 11) is 0. The van der Waals surface area contributed by atoms with Gasteiger partial charge in [0.2, 0.25) is 11.9 Å². The molecule has 1 fully saturated rings. The first kappa shape index (κ1) is 12.8. The summed E-state index contributed by atoms with van der Waals surface area (Å²) in [6.07, 6.45) is 6.10. The van der Waals surface area contributed by atoms with E-state index in [1.807, 2.05) is 20.0 Å². The van der Waals surface area contributed by atoms with Gasteiger partial charge in [-0.2, -0.15) is 20.1 Å². The Bertz CT molecular complexity index is 586. The van der Waals surface area contributed by atoms with Crippen molar-refractivity contribution in [2.45, 2.75) is 26.7 Å². The number of nitrogens with zero attached hydrogens (tertiary/aromatic N) is 6. The molecule has 20 heavy (non-hydrogen) atoms. The highest BCUT2D eigenvalue weighted by Crippen LogP contribution is 2.18. The molecule has 0 unspecified atom stereocenters. The highest BCUT2D eigenvalue weighted by molar-refractivity contribution is 5.40. The number of aromatic nitrogens is 5. The molecule has 0 bridgehead atoms. The molecule has 3 heterocycles. The van der Waals surface area contributed by atoms with Crippen LogP contribution in [0.2, 0.25) is 0 Å². The molecule has 7 nitrogen and oxygen atoms in total. The summed E-state index contributed by atoms with van der Waals surface area (Å²) in [5, 5.41) is 7.43. The molecular weight excluding hydrogens is 254 g/mol. The average Bonchev–Trinajstić information content (AvgIpc) is 3.09. The Hall–Kier alpha value is -2.18. The van der Waals surface area contributed by atoms with Crippen LogP contribution in [0.5, 0.6) is 0 Å². The quantitative estimate of drug-likeness (QED) is 0.908. The van der Waals surface area contributed by atoms with E-state index in [-0.39, 0.29) is 0 Å². The molecule has 1 aliphatic heterocycles. The predicted molar refractivity (Wildman–Crippen MR) is 77.3 cm³/mol. The van der Waals surface area contributed by atoms with Crippen molar-refractivity contribution in [3.63, 3.8) is 0 Å². The zero-order valence-electron chi connectivity index (χ0n) is 11.9. The number of nitrogens with one attached hydrogen (secondary N) is 1. The van der Waals surface area contributed by atoms with Gasteiger partial charge in [0, 0.05) is 25.8 Å². The zero-order valence-corrected chi connectivity index (χ0v) is 11.9. The van der Waals surface area contributed by atoms with E-state index in [1.54, 1.807) is 10.9 Å². The molecule has 2 aromatic rings. The lowest BCUT2D eigenvalue weighted by atomic mass is 10.4. The van der Waals surface area contributed by atoms with Crippen LogP contribution in [0, 0.1) is 6.92 Å². The second kappa shape index (κ2) is 5.44. The van der Waals surface area contributed by atoms with Crippen LogP contribution in [0.3, 0.4) is 0 Å². The highest BCUT2D eigenvalue weighted by atomic mass is 15.4. The van der Waals surface area contributed by atoms with E-state index in [2.05, 4.69) is 30.3 Å². The lowest BCUT2D eigenvalue weighted by Gasteiger charge is -2.16. The van der Waals surface area contributed by atoms with Crippen molar-refractivity contribution in [1.82, 2.24) is 24.7 Å². The molecule has 7 heteroatoms. The molecule has 0 amide bonds. The minimum absolute atomic E-state index is 0.561. The molecule has 0 spiro atoms. The fraction of sp³-hybridized carbons (Fsp3) is 0.538. The standard InChI is InChI=1S/C13H19N7/c1-3-14-11-16-12(19-6-4-5-7-19)18-13(17-11)20-9-10(2)8-15-20/h8-9H,3-7H2,1-2H3,(H,14,16,17,18). The summed E-state index contributed by atoms with van der Waals surface area (Å²) < 4.78 is 1.69. The first-order valence-corrected chi connectivity index (χ1v) is 7.03. The normalized spacial score (nSPS) is 14.8. The Morgan fingerprint density at radius 3 is 2.55 bits per heavy atom. The van der Waals surface area contributed by atoms with Crippen molar-refractivity contribution in [2.24, 2.45) is 0 Å². The van der Waals surface area contributed by atoms with Gasteiger partial charge in [-0.1, -0.05) is 0 Å². The highest BCUT2D eigenvalue weighted by Gasteiger charge is 2.18. The first-order chi connectivity index (χ1) is 9.76. The van der Waals surface area contributed by atoms with Gasteiger partial charge < -0.3 is 10.2 Å².